The Morgan fingerprint density at radius 3 is 0.786 bits per heavy atom. The van der Waals surface area contributed by atoms with E-state index >= 15 is 0 Å². The van der Waals surface area contributed by atoms with Gasteiger partial charge in [-0.15, -0.1) is 0 Å². The van der Waals surface area contributed by atoms with Gasteiger partial charge in [0.05, 0.1) is 0 Å². The van der Waals surface area contributed by atoms with Crippen molar-refractivity contribution in [2.75, 3.05) is 9.80 Å². The van der Waals surface area contributed by atoms with Crippen LogP contribution in [0, 0.1) is 0 Å². The topological polar surface area (TPSA) is 6.48 Å². The number of nitrogens with zero attached hydrogens (tertiary/aromatic N) is 2. The van der Waals surface area contributed by atoms with Crippen LogP contribution >= 0.6 is 0 Å². The number of hydrogen-bond donors (Lipinski definition) is 0. The molecule has 0 radical (unpaired) electrons. The van der Waals surface area contributed by atoms with Crippen LogP contribution in [-0.2, 0) is 0 Å². The van der Waals surface area contributed by atoms with E-state index in [-0.39, 0.29) is 0 Å². The maximum Gasteiger partial charge on any atom is 0.0462 e. The van der Waals surface area contributed by atoms with Crippen molar-refractivity contribution in [3.05, 3.63) is 231 Å². The molecule has 56 heavy (non-hydrogen) atoms. The molecule has 0 spiro atoms. The second-order valence-electron chi connectivity index (χ2n) is 14.2. The van der Waals surface area contributed by atoms with Gasteiger partial charge in [-0.3, -0.25) is 0 Å². The zero-order valence-electron chi connectivity index (χ0n) is 30.8. The molecule has 10 aromatic rings. The highest BCUT2D eigenvalue weighted by molar-refractivity contribution is 6.25. The van der Waals surface area contributed by atoms with Gasteiger partial charge in [-0.1, -0.05) is 152 Å². The average Bonchev–Trinajstić information content (AvgIpc) is 3.28. The zero-order chi connectivity index (χ0) is 37.3. The fourth-order valence-corrected chi connectivity index (χ4v) is 8.12. The lowest BCUT2D eigenvalue weighted by Crippen LogP contribution is -2.09. The van der Waals surface area contributed by atoms with Gasteiger partial charge >= 0.3 is 0 Å². The van der Waals surface area contributed by atoms with E-state index in [1.807, 2.05) is 0 Å². The molecule has 0 saturated carbocycles. The Kier molecular flexibility index (Phi) is 8.55. The Morgan fingerprint density at radius 1 is 0.179 bits per heavy atom. The molecule has 0 aromatic heterocycles. The molecule has 0 bridgehead atoms. The minimum Gasteiger partial charge on any atom is -0.311 e. The zero-order valence-corrected chi connectivity index (χ0v) is 30.8. The van der Waals surface area contributed by atoms with Crippen LogP contribution in [0.4, 0.5) is 34.1 Å². The summed E-state index contributed by atoms with van der Waals surface area (Å²) in [5.74, 6) is 0. The molecule has 10 rings (SSSR count). The van der Waals surface area contributed by atoms with Crippen LogP contribution in [0.1, 0.15) is 0 Å². The second-order valence-corrected chi connectivity index (χ2v) is 14.2. The van der Waals surface area contributed by atoms with Crippen LogP contribution < -0.4 is 9.80 Å². The molecule has 0 amide bonds. The summed E-state index contributed by atoms with van der Waals surface area (Å²) in [6.45, 7) is 0. The monoisotopic (exact) mass is 714 g/mol. The molecule has 0 aliphatic carbocycles. The fourth-order valence-electron chi connectivity index (χ4n) is 8.12. The lowest BCUT2D eigenvalue weighted by molar-refractivity contribution is 1.28. The lowest BCUT2D eigenvalue weighted by atomic mass is 9.92. The third-order valence-electron chi connectivity index (χ3n) is 10.8. The summed E-state index contributed by atoms with van der Waals surface area (Å²) >= 11 is 0. The van der Waals surface area contributed by atoms with E-state index in [1.54, 1.807) is 0 Å². The van der Waals surface area contributed by atoms with Crippen molar-refractivity contribution in [2.24, 2.45) is 0 Å². The van der Waals surface area contributed by atoms with Gasteiger partial charge in [0.2, 0.25) is 0 Å². The summed E-state index contributed by atoms with van der Waals surface area (Å²) in [6, 6.07) is 82.9. The minimum absolute atomic E-state index is 1.10. The summed E-state index contributed by atoms with van der Waals surface area (Å²) in [5, 5.41) is 7.75. The van der Waals surface area contributed by atoms with Crippen molar-refractivity contribution in [3.63, 3.8) is 0 Å². The molecule has 0 N–H and O–H groups in total. The van der Waals surface area contributed by atoms with Crippen LogP contribution in [0.2, 0.25) is 0 Å². The number of para-hydroxylation sites is 3. The highest BCUT2D eigenvalue weighted by Crippen LogP contribution is 2.40. The molecule has 0 heterocycles. The minimum atomic E-state index is 1.10. The summed E-state index contributed by atoms with van der Waals surface area (Å²) in [7, 11) is 0. The number of fused-ring (bicyclic) bond motifs is 6. The third-order valence-corrected chi connectivity index (χ3v) is 10.8. The van der Waals surface area contributed by atoms with Crippen LogP contribution in [0.25, 0.3) is 54.6 Å². The van der Waals surface area contributed by atoms with Crippen molar-refractivity contribution in [1.29, 1.82) is 0 Å². The van der Waals surface area contributed by atoms with Gasteiger partial charge in [0.1, 0.15) is 0 Å². The van der Waals surface area contributed by atoms with Crippen LogP contribution in [0.5, 0.6) is 0 Å². The van der Waals surface area contributed by atoms with Gasteiger partial charge in [0, 0.05) is 34.1 Å². The molecule has 264 valence electrons. The van der Waals surface area contributed by atoms with Crippen molar-refractivity contribution in [3.8, 4) is 22.3 Å². The van der Waals surface area contributed by atoms with Gasteiger partial charge in [0.25, 0.3) is 0 Å². The maximum atomic E-state index is 2.36. The summed E-state index contributed by atoms with van der Waals surface area (Å²) in [6.07, 6.45) is 0. The predicted octanol–water partition coefficient (Wildman–Crippen LogP) is 15.4. The molecular weight excluding hydrogens is 677 g/mol. The summed E-state index contributed by atoms with van der Waals surface area (Å²) < 4.78 is 0. The molecule has 0 unspecified atom stereocenters. The Hall–Kier alpha value is -7.42. The molecular formula is C54H38N2. The largest absolute Gasteiger partial charge is 0.311 e. The fraction of sp³-hybridized carbons (Fsp3) is 0. The Labute approximate surface area is 327 Å². The number of hydrogen-bond acceptors (Lipinski definition) is 2. The first-order valence-corrected chi connectivity index (χ1v) is 19.2. The van der Waals surface area contributed by atoms with Gasteiger partial charge in [-0.2, -0.15) is 0 Å². The smallest absolute Gasteiger partial charge is 0.0462 e. The van der Waals surface area contributed by atoms with E-state index in [9.17, 15) is 0 Å². The first-order chi connectivity index (χ1) is 27.8. The Morgan fingerprint density at radius 2 is 0.429 bits per heavy atom. The van der Waals surface area contributed by atoms with Gasteiger partial charge in [0.15, 0.2) is 0 Å². The predicted molar refractivity (Wildman–Crippen MR) is 239 cm³/mol. The number of benzene rings is 10. The molecule has 2 nitrogen and oxygen atoms in total. The third kappa shape index (κ3) is 6.14. The lowest BCUT2D eigenvalue weighted by Gasteiger charge is -2.26. The van der Waals surface area contributed by atoms with E-state index in [2.05, 4.69) is 240 Å². The molecule has 0 aliphatic rings. The molecule has 10 aromatic carbocycles. The Bertz CT molecular complexity index is 2850. The van der Waals surface area contributed by atoms with Gasteiger partial charge in [-0.25, -0.2) is 0 Å². The highest BCUT2D eigenvalue weighted by atomic mass is 15.1. The number of rotatable bonds is 8. The molecule has 0 aliphatic heterocycles. The van der Waals surface area contributed by atoms with Crippen LogP contribution in [0.15, 0.2) is 231 Å². The van der Waals surface area contributed by atoms with E-state index in [1.165, 1.54) is 54.6 Å². The van der Waals surface area contributed by atoms with Crippen LogP contribution in [0.3, 0.4) is 0 Å². The second kappa shape index (κ2) is 14.4. The summed E-state index contributed by atoms with van der Waals surface area (Å²) in [5.41, 5.74) is 11.5. The van der Waals surface area contributed by atoms with Crippen LogP contribution in [-0.4, -0.2) is 0 Å². The van der Waals surface area contributed by atoms with Crippen molar-refractivity contribution in [2.45, 2.75) is 0 Å². The van der Waals surface area contributed by atoms with Crippen molar-refractivity contribution in [1.82, 2.24) is 0 Å². The van der Waals surface area contributed by atoms with E-state index in [0.29, 0.717) is 0 Å². The average molecular weight is 715 g/mol. The van der Waals surface area contributed by atoms with E-state index in [0.717, 1.165) is 34.1 Å². The quantitative estimate of drug-likeness (QED) is 0.145. The van der Waals surface area contributed by atoms with Crippen molar-refractivity contribution < 1.29 is 0 Å². The standard InChI is InChI=1S/C54H38N2/c1-4-14-43(15-5-1)55(44-16-6-2-7-17-44)46-31-24-39(25-32-46)40-26-33-47(34-27-40)56(45-18-8-3-9-19-45)48-35-28-41(29-36-48)42-30-37-53-51-22-11-10-20-49(51)50-21-12-13-23-52(50)54(53)38-42/h1-38H. The van der Waals surface area contributed by atoms with Gasteiger partial charge in [-0.05, 0) is 133 Å². The maximum absolute atomic E-state index is 2.36. The molecule has 2 heteroatoms. The summed E-state index contributed by atoms with van der Waals surface area (Å²) in [4.78, 5) is 4.62. The first-order valence-electron chi connectivity index (χ1n) is 19.2. The van der Waals surface area contributed by atoms with E-state index in [4.69, 9.17) is 0 Å². The number of anilines is 6. The molecule has 0 saturated heterocycles. The SMILES string of the molecule is c1ccc(N(c2ccccc2)c2ccc(-c3ccc(N(c4ccccc4)c4ccc(-c5ccc6c7ccccc7c7ccccc7c6c5)cc4)cc3)cc2)cc1. The normalized spacial score (nSPS) is 11.2. The highest BCUT2D eigenvalue weighted by Gasteiger charge is 2.15. The van der Waals surface area contributed by atoms with Crippen molar-refractivity contribution >= 4 is 66.4 Å². The first kappa shape index (κ1) is 33.2. The molecule has 0 fully saturated rings. The van der Waals surface area contributed by atoms with Gasteiger partial charge < -0.3 is 9.80 Å². The Balaban J connectivity index is 0.963. The van der Waals surface area contributed by atoms with E-state index < -0.39 is 0 Å². The molecule has 0 atom stereocenters.